The summed E-state index contributed by atoms with van der Waals surface area (Å²) in [6.07, 6.45) is 4.93. The molecule has 2 aromatic rings. The molecule has 1 aliphatic rings. The van der Waals surface area contributed by atoms with Crippen molar-refractivity contribution in [3.8, 4) is 0 Å². The van der Waals surface area contributed by atoms with Crippen molar-refractivity contribution in [3.05, 3.63) is 45.5 Å². The van der Waals surface area contributed by atoms with Crippen molar-refractivity contribution in [3.63, 3.8) is 0 Å². The summed E-state index contributed by atoms with van der Waals surface area (Å²) in [7, 11) is 0. The number of rotatable bonds is 6. The van der Waals surface area contributed by atoms with Gasteiger partial charge >= 0.3 is 0 Å². The second kappa shape index (κ2) is 6.36. The Bertz CT molecular complexity index is 774. The normalized spacial score (nSPS) is 14.0. The Hall–Kier alpha value is -2.44. The summed E-state index contributed by atoms with van der Waals surface area (Å²) in [5, 5.41) is 6.57. The van der Waals surface area contributed by atoms with Crippen LogP contribution in [0.25, 0.3) is 0 Å². The van der Waals surface area contributed by atoms with E-state index in [1.807, 2.05) is 13.0 Å². The Morgan fingerprint density at radius 1 is 1.48 bits per heavy atom. The van der Waals surface area contributed by atoms with E-state index in [-0.39, 0.29) is 23.1 Å². The lowest BCUT2D eigenvalue weighted by atomic mass is 10.1. The van der Waals surface area contributed by atoms with Crippen LogP contribution in [0, 0.1) is 6.92 Å². The minimum Gasteiger partial charge on any atom is -0.351 e. The molecule has 1 amide bonds. The Morgan fingerprint density at radius 2 is 2.26 bits per heavy atom. The largest absolute Gasteiger partial charge is 0.351 e. The van der Waals surface area contributed by atoms with Crippen molar-refractivity contribution in [1.82, 2.24) is 20.0 Å². The highest BCUT2D eigenvalue weighted by Crippen LogP contribution is 2.33. The maximum absolute atomic E-state index is 12.4. The first-order valence-electron chi connectivity index (χ1n) is 7.91. The molecule has 0 unspecified atom stereocenters. The number of nitrogens with one attached hydrogen (secondary N) is 1. The number of hydrogen-bond donors (Lipinski definition) is 1. The van der Waals surface area contributed by atoms with Crippen molar-refractivity contribution in [1.29, 1.82) is 0 Å². The van der Waals surface area contributed by atoms with E-state index < -0.39 is 0 Å². The zero-order chi connectivity index (χ0) is 16.4. The van der Waals surface area contributed by atoms with Gasteiger partial charge in [-0.3, -0.25) is 9.59 Å². The van der Waals surface area contributed by atoms with Gasteiger partial charge in [-0.05, 0) is 31.4 Å². The molecule has 23 heavy (non-hydrogen) atoms. The monoisotopic (exact) mass is 316 g/mol. The van der Waals surface area contributed by atoms with Crippen molar-refractivity contribution < 1.29 is 9.32 Å². The van der Waals surface area contributed by atoms with Crippen molar-refractivity contribution in [2.75, 3.05) is 6.54 Å². The summed E-state index contributed by atoms with van der Waals surface area (Å²) >= 11 is 0. The highest BCUT2D eigenvalue weighted by atomic mass is 16.5. The number of hydrogen-bond acceptors (Lipinski definition) is 5. The fraction of sp³-hybridized carbons (Fsp3) is 0.500. The maximum atomic E-state index is 12.4. The average molecular weight is 316 g/mol. The molecule has 0 spiro atoms. The molecular weight excluding hydrogens is 296 g/mol. The van der Waals surface area contributed by atoms with Gasteiger partial charge in [-0.25, -0.2) is 0 Å². The van der Waals surface area contributed by atoms with Crippen LogP contribution in [-0.4, -0.2) is 27.2 Å². The molecule has 7 heteroatoms. The first kappa shape index (κ1) is 15.5. The fourth-order valence-corrected chi connectivity index (χ4v) is 2.46. The molecule has 7 nitrogen and oxygen atoms in total. The molecule has 1 aliphatic carbocycles. The highest BCUT2D eigenvalue weighted by molar-refractivity contribution is 5.95. The van der Waals surface area contributed by atoms with Crippen LogP contribution in [0.2, 0.25) is 0 Å². The molecule has 0 bridgehead atoms. The van der Waals surface area contributed by atoms with Crippen LogP contribution in [0.3, 0.4) is 0 Å². The molecule has 0 atom stereocenters. The van der Waals surface area contributed by atoms with E-state index in [0.717, 1.165) is 12.8 Å². The smallest absolute Gasteiger partial charge is 0.263 e. The van der Waals surface area contributed by atoms with Crippen LogP contribution in [0.1, 0.15) is 53.4 Å². The predicted octanol–water partition coefficient (Wildman–Crippen LogP) is 1.41. The molecular formula is C16H20N4O3. The number of aryl methyl sites for hydroxylation is 2. The number of carbonyl (C=O) groups is 1. The third-order valence-electron chi connectivity index (χ3n) is 3.95. The van der Waals surface area contributed by atoms with E-state index in [1.165, 1.54) is 0 Å². The molecule has 1 saturated carbocycles. The van der Waals surface area contributed by atoms with Gasteiger partial charge in [0.15, 0.2) is 5.82 Å². The summed E-state index contributed by atoms with van der Waals surface area (Å²) in [6, 6.07) is 2.07. The Labute approximate surface area is 133 Å². The molecule has 0 aromatic carbocycles. The topological polar surface area (TPSA) is 90.0 Å². The second-order valence-electron chi connectivity index (χ2n) is 5.78. The van der Waals surface area contributed by atoms with Gasteiger partial charge in [0.05, 0.1) is 0 Å². The van der Waals surface area contributed by atoms with Crippen molar-refractivity contribution in [2.45, 2.75) is 45.6 Å². The van der Waals surface area contributed by atoms with Crippen molar-refractivity contribution >= 4 is 5.91 Å². The molecule has 1 N–H and O–H groups in total. The molecule has 1 fully saturated rings. The highest BCUT2D eigenvalue weighted by Gasteiger charge is 2.26. The van der Waals surface area contributed by atoms with E-state index in [1.54, 1.807) is 17.7 Å². The lowest BCUT2D eigenvalue weighted by Crippen LogP contribution is -2.34. The lowest BCUT2D eigenvalue weighted by Gasteiger charge is -2.10. The van der Waals surface area contributed by atoms with E-state index >= 15 is 0 Å². The van der Waals surface area contributed by atoms with Gasteiger partial charge < -0.3 is 14.4 Å². The Morgan fingerprint density at radius 3 is 2.91 bits per heavy atom. The standard InChI is InChI=1S/C16H20N4O3/c1-3-12-18-13(23-19-12)6-8-17-15(21)14-10(2)7-9-20(16(14)22)11-4-5-11/h7,9,11H,3-6,8H2,1-2H3,(H,17,21). The zero-order valence-corrected chi connectivity index (χ0v) is 13.3. The van der Waals surface area contributed by atoms with Crippen LogP contribution in [0.5, 0.6) is 0 Å². The first-order chi connectivity index (χ1) is 11.1. The van der Waals surface area contributed by atoms with E-state index in [4.69, 9.17) is 4.52 Å². The van der Waals surface area contributed by atoms with Gasteiger partial charge in [0.2, 0.25) is 5.89 Å². The van der Waals surface area contributed by atoms with E-state index in [0.29, 0.717) is 36.7 Å². The third-order valence-corrected chi connectivity index (χ3v) is 3.95. The summed E-state index contributed by atoms with van der Waals surface area (Å²) in [6.45, 7) is 4.07. The Balaban J connectivity index is 1.66. The molecule has 2 heterocycles. The second-order valence-corrected chi connectivity index (χ2v) is 5.78. The quantitative estimate of drug-likeness (QED) is 0.870. The number of nitrogens with zero attached hydrogens (tertiary/aromatic N) is 3. The van der Waals surface area contributed by atoms with Crippen LogP contribution < -0.4 is 10.9 Å². The van der Waals surface area contributed by atoms with E-state index in [2.05, 4.69) is 15.5 Å². The molecule has 0 saturated heterocycles. The van der Waals surface area contributed by atoms with Crippen LogP contribution in [-0.2, 0) is 12.8 Å². The number of amides is 1. The van der Waals surface area contributed by atoms with Gasteiger partial charge in [0.1, 0.15) is 5.56 Å². The molecule has 2 aromatic heterocycles. The van der Waals surface area contributed by atoms with E-state index in [9.17, 15) is 9.59 Å². The number of pyridine rings is 1. The minimum absolute atomic E-state index is 0.212. The van der Waals surface area contributed by atoms with Gasteiger partial charge in [0, 0.05) is 31.6 Å². The van der Waals surface area contributed by atoms with Gasteiger partial charge in [-0.15, -0.1) is 0 Å². The summed E-state index contributed by atoms with van der Waals surface area (Å²) < 4.78 is 6.73. The lowest BCUT2D eigenvalue weighted by molar-refractivity contribution is 0.0950. The number of carbonyl (C=O) groups excluding carboxylic acids is 1. The first-order valence-corrected chi connectivity index (χ1v) is 7.91. The summed E-state index contributed by atoms with van der Waals surface area (Å²) in [4.78, 5) is 29.0. The van der Waals surface area contributed by atoms with Crippen molar-refractivity contribution in [2.24, 2.45) is 0 Å². The molecule has 3 rings (SSSR count). The van der Waals surface area contributed by atoms with Crippen LogP contribution in [0.4, 0.5) is 0 Å². The molecule has 0 radical (unpaired) electrons. The van der Waals surface area contributed by atoms with Gasteiger partial charge in [-0.1, -0.05) is 12.1 Å². The number of aromatic nitrogens is 3. The fourth-order valence-electron chi connectivity index (χ4n) is 2.46. The SMILES string of the molecule is CCc1noc(CCNC(=O)c2c(C)ccn(C3CC3)c2=O)n1. The predicted molar refractivity (Wildman–Crippen MR) is 83.4 cm³/mol. The minimum atomic E-state index is -0.349. The maximum Gasteiger partial charge on any atom is 0.263 e. The summed E-state index contributed by atoms with van der Waals surface area (Å²) in [5.74, 6) is 0.789. The molecule has 122 valence electrons. The van der Waals surface area contributed by atoms with Gasteiger partial charge in [-0.2, -0.15) is 4.98 Å². The average Bonchev–Trinajstić information content (AvgIpc) is 3.26. The third kappa shape index (κ3) is 3.33. The van der Waals surface area contributed by atoms with Crippen LogP contribution >= 0.6 is 0 Å². The Kier molecular flexibility index (Phi) is 4.27. The zero-order valence-electron chi connectivity index (χ0n) is 13.3. The molecule has 0 aliphatic heterocycles. The summed E-state index contributed by atoms with van der Waals surface area (Å²) in [5.41, 5.74) is 0.700. The van der Waals surface area contributed by atoms with Crippen LogP contribution in [0.15, 0.2) is 21.6 Å². The van der Waals surface area contributed by atoms with Gasteiger partial charge in [0.25, 0.3) is 11.5 Å².